The monoisotopic (exact) mass is 238 g/mol. The van der Waals surface area contributed by atoms with E-state index < -0.39 is 0 Å². The van der Waals surface area contributed by atoms with Crippen molar-refractivity contribution >= 4 is 0 Å². The lowest BCUT2D eigenvalue weighted by molar-refractivity contribution is 0.180. The van der Waals surface area contributed by atoms with Gasteiger partial charge in [0.25, 0.3) is 0 Å². The van der Waals surface area contributed by atoms with Gasteiger partial charge in [0.15, 0.2) is 0 Å². The zero-order valence-corrected chi connectivity index (χ0v) is 10.4. The van der Waals surface area contributed by atoms with Gasteiger partial charge in [-0.3, -0.25) is 0 Å². The van der Waals surface area contributed by atoms with E-state index in [1.807, 2.05) is 12.1 Å². The molecule has 1 heteroatoms. The highest BCUT2D eigenvalue weighted by atomic mass is 16.3. The summed E-state index contributed by atoms with van der Waals surface area (Å²) in [4.78, 5) is 0. The Balaban J connectivity index is 1.93. The Morgan fingerprint density at radius 1 is 0.667 bits per heavy atom. The average Bonchev–Trinajstić information content (AvgIpc) is 2.83. The second-order valence-corrected chi connectivity index (χ2v) is 5.16. The lowest BCUT2D eigenvalue weighted by Gasteiger charge is -2.20. The molecule has 0 heterocycles. The largest absolute Gasteiger partial charge is 0.393 e. The summed E-state index contributed by atoms with van der Waals surface area (Å²) in [6.07, 6.45) is 1.59. The molecule has 0 aliphatic heterocycles. The maximum Gasteiger partial charge on any atom is 0.0552 e. The molecule has 18 heavy (non-hydrogen) atoms. The lowest BCUT2D eigenvalue weighted by Crippen LogP contribution is -2.04. The van der Waals surface area contributed by atoms with Crippen LogP contribution in [0.1, 0.15) is 35.8 Å². The molecule has 0 bridgehead atoms. The molecular formula is C17H18O. The van der Waals surface area contributed by atoms with Gasteiger partial charge in [-0.2, -0.15) is 0 Å². The van der Waals surface area contributed by atoms with E-state index in [4.69, 9.17) is 0 Å². The average molecular weight is 238 g/mol. The Bertz CT molecular complexity index is 444. The molecule has 1 aliphatic rings. The standard InChI is InChI=1S/C17H18O/c18-15-11-16(13-7-3-1-4-8-13)17(12-15)14-9-5-2-6-10-14/h1-10,15-18H,11-12H2/t15?,16-,17+. The molecule has 1 nitrogen and oxygen atoms in total. The minimum absolute atomic E-state index is 0.166. The maximum absolute atomic E-state index is 9.99. The van der Waals surface area contributed by atoms with Crippen LogP contribution in [0, 0.1) is 0 Å². The fourth-order valence-electron chi connectivity index (χ4n) is 3.15. The fraction of sp³-hybridized carbons (Fsp3) is 0.294. The van der Waals surface area contributed by atoms with Crippen LogP contribution in [0.25, 0.3) is 0 Å². The Labute approximate surface area is 108 Å². The van der Waals surface area contributed by atoms with Crippen LogP contribution in [0.15, 0.2) is 60.7 Å². The lowest BCUT2D eigenvalue weighted by atomic mass is 9.84. The number of hydrogen-bond acceptors (Lipinski definition) is 1. The Kier molecular flexibility index (Phi) is 3.16. The van der Waals surface area contributed by atoms with E-state index >= 15 is 0 Å². The van der Waals surface area contributed by atoms with Gasteiger partial charge in [-0.15, -0.1) is 0 Å². The van der Waals surface area contributed by atoms with E-state index in [9.17, 15) is 5.11 Å². The molecule has 92 valence electrons. The van der Waals surface area contributed by atoms with Crippen LogP contribution in [0.2, 0.25) is 0 Å². The van der Waals surface area contributed by atoms with Crippen molar-refractivity contribution in [3.8, 4) is 0 Å². The zero-order chi connectivity index (χ0) is 12.4. The van der Waals surface area contributed by atoms with Crippen LogP contribution in [0.3, 0.4) is 0 Å². The van der Waals surface area contributed by atoms with Gasteiger partial charge in [0.05, 0.1) is 6.10 Å². The smallest absolute Gasteiger partial charge is 0.0552 e. The summed E-state index contributed by atoms with van der Waals surface area (Å²) in [5.41, 5.74) is 2.70. The number of benzene rings is 2. The quantitative estimate of drug-likeness (QED) is 0.845. The van der Waals surface area contributed by atoms with Gasteiger partial charge in [-0.1, -0.05) is 60.7 Å². The third-order valence-electron chi connectivity index (χ3n) is 3.99. The van der Waals surface area contributed by atoms with Crippen LogP contribution in [-0.4, -0.2) is 11.2 Å². The summed E-state index contributed by atoms with van der Waals surface area (Å²) in [5, 5.41) is 9.99. The summed E-state index contributed by atoms with van der Waals surface area (Å²) >= 11 is 0. The van der Waals surface area contributed by atoms with Gasteiger partial charge in [0, 0.05) is 0 Å². The summed E-state index contributed by atoms with van der Waals surface area (Å²) in [6.45, 7) is 0. The molecule has 1 fully saturated rings. The van der Waals surface area contributed by atoms with Crippen molar-refractivity contribution in [1.82, 2.24) is 0 Å². The maximum atomic E-state index is 9.99. The molecule has 2 aromatic carbocycles. The SMILES string of the molecule is OC1C[C@H](c2ccccc2)[C@H](c2ccccc2)C1. The van der Waals surface area contributed by atoms with Gasteiger partial charge >= 0.3 is 0 Å². The third kappa shape index (κ3) is 2.19. The van der Waals surface area contributed by atoms with Crippen LogP contribution in [-0.2, 0) is 0 Å². The van der Waals surface area contributed by atoms with Crippen molar-refractivity contribution in [2.45, 2.75) is 30.8 Å². The predicted octanol–water partition coefficient (Wildman–Crippen LogP) is 3.71. The topological polar surface area (TPSA) is 20.2 Å². The molecular weight excluding hydrogens is 220 g/mol. The van der Waals surface area contributed by atoms with Gasteiger partial charge in [0.2, 0.25) is 0 Å². The Hall–Kier alpha value is -1.60. The normalized spacial score (nSPS) is 27.3. The van der Waals surface area contributed by atoms with Crippen molar-refractivity contribution in [2.24, 2.45) is 0 Å². The predicted molar refractivity (Wildman–Crippen MR) is 73.6 cm³/mol. The molecule has 0 saturated heterocycles. The molecule has 0 amide bonds. The minimum Gasteiger partial charge on any atom is -0.393 e. The van der Waals surface area contributed by atoms with Crippen LogP contribution in [0.4, 0.5) is 0 Å². The number of aliphatic hydroxyl groups excluding tert-OH is 1. The molecule has 1 N–H and O–H groups in total. The van der Waals surface area contributed by atoms with Crippen LogP contribution in [0.5, 0.6) is 0 Å². The van der Waals surface area contributed by atoms with E-state index in [0.717, 1.165) is 12.8 Å². The van der Waals surface area contributed by atoms with Crippen LogP contribution < -0.4 is 0 Å². The molecule has 0 spiro atoms. The summed E-state index contributed by atoms with van der Waals surface area (Å²) < 4.78 is 0. The second kappa shape index (κ2) is 4.95. The van der Waals surface area contributed by atoms with E-state index in [2.05, 4.69) is 48.5 Å². The van der Waals surface area contributed by atoms with Crippen molar-refractivity contribution in [3.63, 3.8) is 0 Å². The first kappa shape index (κ1) is 11.5. The number of aliphatic hydroxyl groups is 1. The first-order chi connectivity index (χ1) is 8.84. The van der Waals surface area contributed by atoms with E-state index in [-0.39, 0.29) is 6.10 Å². The number of hydrogen-bond donors (Lipinski definition) is 1. The molecule has 2 aromatic rings. The Morgan fingerprint density at radius 3 is 1.44 bits per heavy atom. The Morgan fingerprint density at radius 2 is 1.06 bits per heavy atom. The van der Waals surface area contributed by atoms with E-state index in [0.29, 0.717) is 11.8 Å². The van der Waals surface area contributed by atoms with Crippen molar-refractivity contribution in [1.29, 1.82) is 0 Å². The van der Waals surface area contributed by atoms with Crippen molar-refractivity contribution < 1.29 is 5.11 Å². The molecule has 1 aliphatic carbocycles. The highest BCUT2D eigenvalue weighted by molar-refractivity contribution is 5.30. The van der Waals surface area contributed by atoms with Gasteiger partial charge < -0.3 is 5.11 Å². The molecule has 3 atom stereocenters. The molecule has 1 saturated carbocycles. The summed E-state index contributed by atoms with van der Waals surface area (Å²) in [5.74, 6) is 0.896. The fourth-order valence-corrected chi connectivity index (χ4v) is 3.15. The first-order valence-electron chi connectivity index (χ1n) is 6.62. The minimum atomic E-state index is -0.166. The first-order valence-corrected chi connectivity index (χ1v) is 6.62. The molecule has 0 aromatic heterocycles. The summed E-state index contributed by atoms with van der Waals surface area (Å²) in [7, 11) is 0. The van der Waals surface area contributed by atoms with E-state index in [1.165, 1.54) is 11.1 Å². The van der Waals surface area contributed by atoms with Gasteiger partial charge in [0.1, 0.15) is 0 Å². The highest BCUT2D eigenvalue weighted by Crippen LogP contribution is 2.45. The third-order valence-corrected chi connectivity index (χ3v) is 3.99. The molecule has 0 radical (unpaired) electrons. The second-order valence-electron chi connectivity index (χ2n) is 5.16. The highest BCUT2D eigenvalue weighted by Gasteiger charge is 2.34. The van der Waals surface area contributed by atoms with E-state index in [1.54, 1.807) is 0 Å². The molecule has 1 unspecified atom stereocenters. The zero-order valence-electron chi connectivity index (χ0n) is 10.4. The van der Waals surface area contributed by atoms with Gasteiger partial charge in [-0.25, -0.2) is 0 Å². The van der Waals surface area contributed by atoms with Gasteiger partial charge in [-0.05, 0) is 35.8 Å². The van der Waals surface area contributed by atoms with Crippen molar-refractivity contribution in [2.75, 3.05) is 0 Å². The summed E-state index contributed by atoms with van der Waals surface area (Å²) in [6, 6.07) is 21.2. The van der Waals surface area contributed by atoms with Crippen molar-refractivity contribution in [3.05, 3.63) is 71.8 Å². The molecule has 3 rings (SSSR count). The van der Waals surface area contributed by atoms with Crippen LogP contribution >= 0.6 is 0 Å². The number of rotatable bonds is 2.